The van der Waals surface area contributed by atoms with Crippen LogP contribution in [0.1, 0.15) is 55.1 Å². The minimum Gasteiger partial charge on any atom is -0.768 e. The van der Waals surface area contributed by atoms with E-state index < -0.39 is 17.2 Å². The summed E-state index contributed by atoms with van der Waals surface area (Å²) in [4.78, 5) is 16.4. The van der Waals surface area contributed by atoms with Crippen molar-refractivity contribution in [3.8, 4) is 23.1 Å². The average Bonchev–Trinajstić information content (AvgIpc) is 3.51. The second kappa shape index (κ2) is 17.5. The van der Waals surface area contributed by atoms with Crippen LogP contribution in [-0.2, 0) is 59.9 Å². The Bertz CT molecular complexity index is 1360. The molecular weight excluding hydrogens is 653 g/mol. The molecule has 1 aromatic heterocycles. The molecule has 4 rings (SSSR count). The molecule has 1 aliphatic heterocycles. The van der Waals surface area contributed by atoms with Gasteiger partial charge < -0.3 is 38.3 Å². The number of rotatable bonds is 14. The number of carbonyl (C=O) groups is 1. The van der Waals surface area contributed by atoms with E-state index in [1.54, 1.807) is 25.4 Å². The van der Waals surface area contributed by atoms with Crippen molar-refractivity contribution in [2.24, 2.45) is 0 Å². The maximum atomic E-state index is 12.2. The van der Waals surface area contributed by atoms with Crippen molar-refractivity contribution in [2.45, 2.75) is 49.9 Å². The molecule has 1 amide bonds. The summed E-state index contributed by atoms with van der Waals surface area (Å²) in [5, 5.41) is 2.64. The summed E-state index contributed by atoms with van der Waals surface area (Å²) in [5.74, 6) is 1.25. The maximum absolute atomic E-state index is 12.2. The molecule has 3 atom stereocenters. The summed E-state index contributed by atoms with van der Waals surface area (Å²) in [5.41, 5.74) is 2.34. The van der Waals surface area contributed by atoms with Crippen molar-refractivity contribution in [3.05, 3.63) is 71.4 Å². The summed E-state index contributed by atoms with van der Waals surface area (Å²) < 4.78 is 58.4. The molecule has 1 aliphatic rings. The van der Waals surface area contributed by atoms with Crippen LogP contribution in [-0.4, -0.2) is 53.8 Å². The van der Waals surface area contributed by atoms with E-state index in [1.807, 2.05) is 43.3 Å². The maximum Gasteiger partial charge on any atom is 3.00 e. The molecule has 3 unspecified atom stereocenters. The molecule has 2 heterocycles. The van der Waals surface area contributed by atoms with Crippen LogP contribution in [0.25, 0.3) is 0 Å². The predicted octanol–water partition coefficient (Wildman–Crippen LogP) is 5.02. The van der Waals surface area contributed by atoms with Crippen LogP contribution < -0.4 is 24.3 Å². The van der Waals surface area contributed by atoms with E-state index in [0.717, 1.165) is 11.1 Å². The third kappa shape index (κ3) is 9.61. The van der Waals surface area contributed by atoms with Gasteiger partial charge >= 0.3 is 38.8 Å². The molecule has 0 spiro atoms. The van der Waals surface area contributed by atoms with Crippen molar-refractivity contribution in [3.63, 3.8) is 0 Å². The standard InChI is InChI=1S/C30H36N2O9S.Y/c1-4-13-39-28-25(38-14-12-31-30(33)40-19-20-8-6-5-7-9-20)15-21(17-27(28)42(34)35)23-10-11-24(41-23)22-16-26(36-2)29(37-3)32-18-22;/h5-9,15-18,23-24H,4,10-14,19H2,1-3H3,(H,31,33)(H,34,35);/q;+3/p-1. The van der Waals surface area contributed by atoms with Gasteiger partial charge in [0.1, 0.15) is 13.2 Å². The fraction of sp³-hybridized carbons (Fsp3) is 0.400. The van der Waals surface area contributed by atoms with Crippen molar-refractivity contribution in [1.29, 1.82) is 0 Å². The molecule has 1 N–H and O–H groups in total. The average molecular weight is 689 g/mol. The second-order valence-corrected chi connectivity index (χ2v) is 10.3. The minimum absolute atomic E-state index is 0. The Balaban J connectivity index is 0.00000506. The summed E-state index contributed by atoms with van der Waals surface area (Å²) in [7, 11) is 3.06. The van der Waals surface area contributed by atoms with Gasteiger partial charge in [-0.25, -0.2) is 9.78 Å². The van der Waals surface area contributed by atoms with Crippen LogP contribution in [0, 0.1) is 0 Å². The first-order chi connectivity index (χ1) is 20.4. The van der Waals surface area contributed by atoms with Crippen molar-refractivity contribution >= 4 is 17.2 Å². The monoisotopic (exact) mass is 688 g/mol. The van der Waals surface area contributed by atoms with Gasteiger partial charge in [0.05, 0.1) is 44.5 Å². The molecule has 1 saturated heterocycles. The number of amides is 1. The Morgan fingerprint density at radius 1 is 1.02 bits per heavy atom. The van der Waals surface area contributed by atoms with Gasteiger partial charge in [0.25, 0.3) is 5.88 Å². The van der Waals surface area contributed by atoms with Gasteiger partial charge in [-0.1, -0.05) is 37.3 Å². The first kappa shape index (κ1) is 34.7. The number of hydrogen-bond donors (Lipinski definition) is 1. The van der Waals surface area contributed by atoms with Gasteiger partial charge in [-0.15, -0.1) is 0 Å². The van der Waals surface area contributed by atoms with E-state index in [4.69, 9.17) is 28.4 Å². The van der Waals surface area contributed by atoms with Crippen molar-refractivity contribution in [1.82, 2.24) is 10.3 Å². The van der Waals surface area contributed by atoms with E-state index in [1.165, 1.54) is 7.11 Å². The van der Waals surface area contributed by atoms with Crippen LogP contribution >= 0.6 is 0 Å². The number of nitrogens with zero attached hydrogens (tertiary/aromatic N) is 1. The molecule has 11 nitrogen and oxygen atoms in total. The summed E-state index contributed by atoms with van der Waals surface area (Å²) in [6.45, 7) is 2.56. The number of nitrogens with one attached hydrogen (secondary N) is 1. The smallest absolute Gasteiger partial charge is 0.768 e. The first-order valence-corrected chi connectivity index (χ1v) is 14.7. The van der Waals surface area contributed by atoms with Crippen LogP contribution in [0.4, 0.5) is 4.79 Å². The number of alkyl carbamates (subject to hydrolysis) is 1. The Morgan fingerprint density at radius 3 is 2.42 bits per heavy atom. The topological polar surface area (TPSA) is 138 Å². The van der Waals surface area contributed by atoms with E-state index in [9.17, 15) is 13.6 Å². The van der Waals surface area contributed by atoms with Gasteiger partial charge in [0, 0.05) is 11.8 Å². The number of methoxy groups -OCH3 is 2. The largest absolute Gasteiger partial charge is 3.00 e. The molecule has 0 radical (unpaired) electrons. The van der Waals surface area contributed by atoms with Crippen molar-refractivity contribution in [2.75, 3.05) is 34.0 Å². The zero-order valence-corrected chi connectivity index (χ0v) is 28.1. The van der Waals surface area contributed by atoms with Gasteiger partial charge in [-0.2, -0.15) is 0 Å². The number of carbonyl (C=O) groups excluding carboxylic acids is 1. The van der Waals surface area contributed by atoms with Crippen LogP contribution in [0.15, 0.2) is 59.6 Å². The SMILES string of the molecule is CCCOc1c(OCCNC(=O)OCc2ccccc2)cc(C2CCC(c3cnc(OC)c(OC)c3)O2)cc1S(=O)[O-].[Y+3]. The molecular formula is C30H35N2O9SY+2. The van der Waals surface area contributed by atoms with Gasteiger partial charge in [-0.3, -0.25) is 4.21 Å². The van der Waals surface area contributed by atoms with E-state index in [0.29, 0.717) is 43.1 Å². The Hall–Kier alpha value is -2.77. The van der Waals surface area contributed by atoms with Gasteiger partial charge in [0.15, 0.2) is 17.2 Å². The molecule has 43 heavy (non-hydrogen) atoms. The molecule has 1 fully saturated rings. The molecule has 3 aromatic rings. The Labute approximate surface area is 279 Å². The fourth-order valence-electron chi connectivity index (χ4n) is 4.50. The Morgan fingerprint density at radius 2 is 1.74 bits per heavy atom. The van der Waals surface area contributed by atoms with Crippen molar-refractivity contribution < 1.29 is 74.7 Å². The summed E-state index contributed by atoms with van der Waals surface area (Å²) in [6.07, 6.45) is 2.45. The fourth-order valence-corrected chi connectivity index (χ4v) is 5.04. The van der Waals surface area contributed by atoms with Gasteiger partial charge in [-0.05, 0) is 59.7 Å². The third-order valence-corrected chi connectivity index (χ3v) is 7.19. The number of aromatic nitrogens is 1. The molecule has 13 heteroatoms. The normalized spacial score (nSPS) is 16.5. The van der Waals surface area contributed by atoms with Crippen LogP contribution in [0.3, 0.4) is 0 Å². The number of benzene rings is 2. The van der Waals surface area contributed by atoms with E-state index in [-0.39, 0.29) is 81.1 Å². The number of pyridine rings is 1. The number of hydrogen-bond acceptors (Lipinski definition) is 10. The molecule has 226 valence electrons. The Kier molecular flexibility index (Phi) is 14.1. The molecule has 0 saturated carbocycles. The van der Waals surface area contributed by atoms with E-state index in [2.05, 4.69) is 10.3 Å². The summed E-state index contributed by atoms with van der Waals surface area (Å²) in [6, 6.07) is 14.4. The van der Waals surface area contributed by atoms with Crippen LogP contribution in [0.2, 0.25) is 0 Å². The second-order valence-electron chi connectivity index (χ2n) is 9.44. The van der Waals surface area contributed by atoms with Crippen LogP contribution in [0.5, 0.6) is 23.1 Å². The zero-order valence-electron chi connectivity index (χ0n) is 24.4. The first-order valence-electron chi connectivity index (χ1n) is 13.6. The summed E-state index contributed by atoms with van der Waals surface area (Å²) >= 11 is -2.59. The predicted molar refractivity (Wildman–Crippen MR) is 153 cm³/mol. The zero-order chi connectivity index (χ0) is 29.9. The van der Waals surface area contributed by atoms with E-state index >= 15 is 0 Å². The molecule has 0 aliphatic carbocycles. The minimum atomic E-state index is -2.59. The number of ether oxygens (including phenoxy) is 6. The molecule has 2 aromatic carbocycles. The van der Waals surface area contributed by atoms with Gasteiger partial charge in [0.2, 0.25) is 0 Å². The third-order valence-electron chi connectivity index (χ3n) is 6.53. The quantitative estimate of drug-likeness (QED) is 0.182. The molecule has 0 bridgehead atoms.